The zero-order valence-electron chi connectivity index (χ0n) is 14.6. The second kappa shape index (κ2) is 6.17. The van der Waals surface area contributed by atoms with Crippen LogP contribution in [0.3, 0.4) is 0 Å². The lowest BCUT2D eigenvalue weighted by Gasteiger charge is -2.38. The molecule has 4 fully saturated rings. The largest absolute Gasteiger partial charge is 0.324 e. The average Bonchev–Trinajstić information content (AvgIpc) is 3.00. The van der Waals surface area contributed by atoms with Gasteiger partial charge in [0.2, 0.25) is 0 Å². The van der Waals surface area contributed by atoms with Gasteiger partial charge in [0.25, 0.3) is 0 Å². The van der Waals surface area contributed by atoms with Gasteiger partial charge in [-0.1, -0.05) is 6.42 Å². The third-order valence-corrected chi connectivity index (χ3v) is 7.67. The molecule has 0 spiro atoms. The fourth-order valence-corrected chi connectivity index (χ4v) is 6.02. The summed E-state index contributed by atoms with van der Waals surface area (Å²) in [6.07, 6.45) is 6.37. The molecule has 3 N–H and O–H groups in total. The molecular weight excluding hydrogens is 399 g/mol. The second-order valence-corrected chi connectivity index (χ2v) is 9.21. The highest BCUT2D eigenvalue weighted by atomic mass is 79.9. The van der Waals surface area contributed by atoms with Crippen molar-refractivity contribution < 1.29 is 9.18 Å². The molecule has 140 valence electrons. The van der Waals surface area contributed by atoms with Gasteiger partial charge in [-0.15, -0.1) is 0 Å². The van der Waals surface area contributed by atoms with Gasteiger partial charge < -0.3 is 10.2 Å². The average molecular weight is 423 g/mol. The van der Waals surface area contributed by atoms with Crippen molar-refractivity contribution in [3.05, 3.63) is 28.5 Å². The first-order valence-electron chi connectivity index (χ1n) is 9.59. The fourth-order valence-electron chi connectivity index (χ4n) is 5.64. The second-order valence-electron chi connectivity index (χ2n) is 8.36. The molecule has 5 nitrogen and oxygen atoms in total. The van der Waals surface area contributed by atoms with E-state index >= 15 is 0 Å². The predicted molar refractivity (Wildman–Crippen MR) is 101 cm³/mol. The van der Waals surface area contributed by atoms with Crippen molar-refractivity contribution in [1.29, 1.82) is 0 Å². The van der Waals surface area contributed by atoms with Gasteiger partial charge >= 0.3 is 6.03 Å². The van der Waals surface area contributed by atoms with Crippen molar-refractivity contribution in [3.63, 3.8) is 0 Å². The summed E-state index contributed by atoms with van der Waals surface area (Å²) in [5, 5.41) is 2.91. The highest BCUT2D eigenvalue weighted by molar-refractivity contribution is 9.10. The maximum atomic E-state index is 13.4. The van der Waals surface area contributed by atoms with Crippen molar-refractivity contribution in [2.75, 3.05) is 18.4 Å². The maximum Gasteiger partial charge on any atom is 0.321 e. The van der Waals surface area contributed by atoms with Crippen LogP contribution in [0.5, 0.6) is 0 Å². The quantitative estimate of drug-likeness (QED) is 0.683. The Labute approximate surface area is 161 Å². The van der Waals surface area contributed by atoms with Crippen LogP contribution < -0.4 is 16.2 Å². The normalized spacial score (nSPS) is 38.0. The number of carbonyl (C=O) groups is 1. The van der Waals surface area contributed by atoms with E-state index in [1.54, 1.807) is 12.1 Å². The molecule has 2 aliphatic carbocycles. The monoisotopic (exact) mass is 422 g/mol. The number of anilines is 1. The summed E-state index contributed by atoms with van der Waals surface area (Å²) in [7, 11) is 0. The third-order valence-electron chi connectivity index (χ3n) is 7.06. The Hall–Kier alpha value is -1.18. The van der Waals surface area contributed by atoms with E-state index in [0.717, 1.165) is 25.4 Å². The Morgan fingerprint density at radius 3 is 2.96 bits per heavy atom. The van der Waals surface area contributed by atoms with Crippen molar-refractivity contribution in [2.45, 2.75) is 44.2 Å². The number of nitrogens with one attached hydrogen (secondary N) is 3. The van der Waals surface area contributed by atoms with Crippen molar-refractivity contribution in [1.82, 2.24) is 15.8 Å². The molecule has 2 amide bonds. The van der Waals surface area contributed by atoms with E-state index in [9.17, 15) is 9.18 Å². The first-order chi connectivity index (χ1) is 12.6. The lowest BCUT2D eigenvalue weighted by molar-refractivity contribution is 0.150. The lowest BCUT2D eigenvalue weighted by Crippen LogP contribution is -2.51. The van der Waals surface area contributed by atoms with Crippen LogP contribution in [0, 0.1) is 23.1 Å². The zero-order valence-corrected chi connectivity index (χ0v) is 16.2. The van der Waals surface area contributed by atoms with E-state index < -0.39 is 0 Å². The molecule has 2 saturated heterocycles. The number of likely N-dealkylation sites (tertiary alicyclic amines) is 1. The smallest absolute Gasteiger partial charge is 0.321 e. The zero-order chi connectivity index (χ0) is 17.9. The molecule has 5 unspecified atom stereocenters. The van der Waals surface area contributed by atoms with Gasteiger partial charge in [0.1, 0.15) is 5.82 Å². The predicted octanol–water partition coefficient (Wildman–Crippen LogP) is 3.48. The van der Waals surface area contributed by atoms with Gasteiger partial charge in [-0.2, -0.15) is 0 Å². The summed E-state index contributed by atoms with van der Waals surface area (Å²) >= 11 is 3.17. The van der Waals surface area contributed by atoms with Crippen LogP contribution in [0.25, 0.3) is 0 Å². The number of piperidine rings is 1. The number of rotatable bonds is 2. The fraction of sp³-hybridized carbons (Fsp3) is 0.632. The summed E-state index contributed by atoms with van der Waals surface area (Å²) in [5.74, 6) is 1.03. The maximum absolute atomic E-state index is 13.4. The number of carbonyl (C=O) groups excluding carboxylic acids is 1. The van der Waals surface area contributed by atoms with E-state index in [-0.39, 0.29) is 11.8 Å². The minimum atomic E-state index is -0.329. The molecule has 0 radical (unpaired) electrons. The highest BCUT2D eigenvalue weighted by Crippen LogP contribution is 2.67. The Balaban J connectivity index is 1.27. The number of hydrogen-bond acceptors (Lipinski definition) is 3. The van der Waals surface area contributed by atoms with Crippen LogP contribution in [0.15, 0.2) is 22.7 Å². The van der Waals surface area contributed by atoms with Gasteiger partial charge in [-0.05, 0) is 71.1 Å². The molecule has 2 saturated carbocycles. The standard InChI is InChI=1S/C19H24BrFN4O/c20-14-8-12(3-4-15(14)21)22-18(26)25-7-5-16-13(10-25)17(24-23-16)19-6-1-2-11(19)9-19/h3-4,8,11,13,16-17,23-24H,1-2,5-7,9-10H2,(H,22,26). The minimum Gasteiger partial charge on any atom is -0.324 e. The number of hydrazine groups is 1. The lowest BCUT2D eigenvalue weighted by atomic mass is 9.79. The molecule has 5 rings (SSSR count). The van der Waals surface area contributed by atoms with E-state index in [4.69, 9.17) is 0 Å². The van der Waals surface area contributed by atoms with Crippen molar-refractivity contribution in [2.24, 2.45) is 17.3 Å². The number of halogens is 2. The van der Waals surface area contributed by atoms with Gasteiger partial charge in [0.15, 0.2) is 0 Å². The van der Waals surface area contributed by atoms with Crippen LogP contribution in [-0.4, -0.2) is 36.1 Å². The molecular formula is C19H24BrFN4O. The van der Waals surface area contributed by atoms with E-state index in [2.05, 4.69) is 32.1 Å². The van der Waals surface area contributed by atoms with Crippen LogP contribution in [0.4, 0.5) is 14.9 Å². The minimum absolute atomic E-state index is 0.0936. The first kappa shape index (κ1) is 17.0. The number of nitrogens with zero attached hydrogens (tertiary/aromatic N) is 1. The molecule has 0 aromatic heterocycles. The van der Waals surface area contributed by atoms with Crippen LogP contribution >= 0.6 is 15.9 Å². The van der Waals surface area contributed by atoms with E-state index in [1.807, 2.05) is 4.90 Å². The van der Waals surface area contributed by atoms with Gasteiger partial charge in [-0.3, -0.25) is 10.9 Å². The summed E-state index contributed by atoms with van der Waals surface area (Å²) in [5.41, 5.74) is 8.19. The van der Waals surface area contributed by atoms with Gasteiger partial charge in [-0.25, -0.2) is 9.18 Å². The summed E-state index contributed by atoms with van der Waals surface area (Å²) in [6.45, 7) is 1.52. The number of urea groups is 1. The summed E-state index contributed by atoms with van der Waals surface area (Å²) in [4.78, 5) is 14.7. The molecule has 2 heterocycles. The van der Waals surface area contributed by atoms with Crippen LogP contribution in [0.2, 0.25) is 0 Å². The Morgan fingerprint density at radius 1 is 1.35 bits per heavy atom. The van der Waals surface area contributed by atoms with Crippen molar-refractivity contribution >= 4 is 27.6 Å². The molecule has 2 aliphatic heterocycles. The highest BCUT2D eigenvalue weighted by Gasteiger charge is 2.64. The molecule has 1 aromatic carbocycles. The number of amides is 2. The van der Waals surface area contributed by atoms with Crippen molar-refractivity contribution in [3.8, 4) is 0 Å². The van der Waals surface area contributed by atoms with Crippen LogP contribution in [-0.2, 0) is 0 Å². The number of benzene rings is 1. The Morgan fingerprint density at radius 2 is 2.23 bits per heavy atom. The van der Waals surface area contributed by atoms with E-state index in [1.165, 1.54) is 31.7 Å². The molecule has 0 bridgehead atoms. The first-order valence-corrected chi connectivity index (χ1v) is 10.4. The van der Waals surface area contributed by atoms with Crippen LogP contribution in [0.1, 0.15) is 32.1 Å². The molecule has 5 atom stereocenters. The summed E-state index contributed by atoms with van der Waals surface area (Å²) in [6, 6.07) is 5.41. The number of fused-ring (bicyclic) bond motifs is 2. The Bertz CT molecular complexity index is 746. The van der Waals surface area contributed by atoms with Gasteiger partial charge in [0, 0.05) is 36.8 Å². The molecule has 4 aliphatic rings. The molecule has 26 heavy (non-hydrogen) atoms. The topological polar surface area (TPSA) is 56.4 Å². The van der Waals surface area contributed by atoms with E-state index in [0.29, 0.717) is 33.6 Å². The van der Waals surface area contributed by atoms with Gasteiger partial charge in [0.05, 0.1) is 4.47 Å². The molecule has 7 heteroatoms. The SMILES string of the molecule is O=C(Nc1ccc(F)c(Br)c1)N1CCC2NNC(C34CCCC3C4)C2C1. The molecule has 1 aromatic rings. The number of hydrogen-bond donors (Lipinski definition) is 3. The Kier molecular flexibility index (Phi) is 4.03. The summed E-state index contributed by atoms with van der Waals surface area (Å²) < 4.78 is 13.7. The third kappa shape index (κ3) is 2.67.